The molecule has 0 aliphatic carbocycles. The van der Waals surface area contributed by atoms with Crippen LogP contribution in [0.5, 0.6) is 0 Å². The summed E-state index contributed by atoms with van der Waals surface area (Å²) in [7, 11) is 0. The minimum Gasteiger partial charge on any atom is -0.258 e. The molecule has 0 saturated carbocycles. The lowest BCUT2D eigenvalue weighted by Gasteiger charge is -2.11. The van der Waals surface area contributed by atoms with Crippen LogP contribution in [-0.4, -0.2) is 4.98 Å². The number of hydrogen-bond acceptors (Lipinski definition) is 1. The lowest BCUT2D eigenvalue weighted by atomic mass is 9.97. The Kier molecular flexibility index (Phi) is 3.51. The summed E-state index contributed by atoms with van der Waals surface area (Å²) >= 11 is 0. The highest BCUT2D eigenvalue weighted by atomic mass is 14.7. The molecule has 0 atom stereocenters. The molecule has 0 spiro atoms. The van der Waals surface area contributed by atoms with Crippen molar-refractivity contribution in [3.05, 3.63) is 63.5 Å². The Morgan fingerprint density at radius 3 is 2.22 bits per heavy atom. The van der Waals surface area contributed by atoms with Crippen LogP contribution in [0.3, 0.4) is 0 Å². The van der Waals surface area contributed by atoms with Crippen LogP contribution in [0.1, 0.15) is 39.2 Å². The first-order valence-electron chi connectivity index (χ1n) is 6.47. The topological polar surface area (TPSA) is 12.9 Å². The van der Waals surface area contributed by atoms with Gasteiger partial charge in [0.15, 0.2) is 0 Å². The first-order chi connectivity index (χ1) is 8.47. The molecule has 1 aromatic carbocycles. The first kappa shape index (κ1) is 12.8. The van der Waals surface area contributed by atoms with Crippen molar-refractivity contribution in [3.8, 4) is 0 Å². The third-order valence-corrected chi connectivity index (χ3v) is 3.65. The van der Waals surface area contributed by atoms with Crippen molar-refractivity contribution in [2.24, 2.45) is 0 Å². The van der Waals surface area contributed by atoms with Crippen LogP contribution < -0.4 is 0 Å². The highest BCUT2D eigenvalue weighted by Gasteiger charge is 2.06. The van der Waals surface area contributed by atoms with E-state index in [1.807, 2.05) is 0 Å². The average molecular weight is 239 g/mol. The standard InChI is InChI=1S/C17H21N/c1-11-6-7-12(2)16(8-11)10-17-9-13(3)14(4)18-15(17)5/h6-9H,10H2,1-5H3. The molecule has 0 N–H and O–H groups in total. The third kappa shape index (κ3) is 2.61. The van der Waals surface area contributed by atoms with Crippen LogP contribution in [0.25, 0.3) is 0 Å². The quantitative estimate of drug-likeness (QED) is 0.765. The van der Waals surface area contributed by atoms with Gasteiger partial charge in [0.1, 0.15) is 0 Å². The molecule has 94 valence electrons. The summed E-state index contributed by atoms with van der Waals surface area (Å²) in [4.78, 5) is 4.62. The fourth-order valence-electron chi connectivity index (χ4n) is 2.26. The summed E-state index contributed by atoms with van der Waals surface area (Å²) in [5, 5.41) is 0. The van der Waals surface area contributed by atoms with Gasteiger partial charge in [0, 0.05) is 11.4 Å². The molecule has 18 heavy (non-hydrogen) atoms. The number of hydrogen-bond donors (Lipinski definition) is 0. The van der Waals surface area contributed by atoms with Gasteiger partial charge in [0.25, 0.3) is 0 Å². The lowest BCUT2D eigenvalue weighted by molar-refractivity contribution is 1.01. The van der Waals surface area contributed by atoms with Crippen molar-refractivity contribution in [2.45, 2.75) is 41.0 Å². The van der Waals surface area contributed by atoms with Gasteiger partial charge in [-0.3, -0.25) is 4.98 Å². The van der Waals surface area contributed by atoms with Gasteiger partial charge >= 0.3 is 0 Å². The summed E-state index contributed by atoms with van der Waals surface area (Å²) < 4.78 is 0. The van der Waals surface area contributed by atoms with E-state index in [-0.39, 0.29) is 0 Å². The molecule has 0 amide bonds. The number of pyridine rings is 1. The highest BCUT2D eigenvalue weighted by Crippen LogP contribution is 2.19. The number of rotatable bonds is 2. The fraction of sp³-hybridized carbons (Fsp3) is 0.353. The largest absolute Gasteiger partial charge is 0.258 e. The zero-order valence-electron chi connectivity index (χ0n) is 12.0. The van der Waals surface area contributed by atoms with Crippen molar-refractivity contribution in [2.75, 3.05) is 0 Å². The Morgan fingerprint density at radius 1 is 0.778 bits per heavy atom. The van der Waals surface area contributed by atoms with Crippen LogP contribution in [0, 0.1) is 34.6 Å². The predicted molar refractivity (Wildman–Crippen MR) is 77.2 cm³/mol. The maximum absolute atomic E-state index is 4.62. The second-order valence-electron chi connectivity index (χ2n) is 5.24. The number of nitrogens with zero attached hydrogens (tertiary/aromatic N) is 1. The monoisotopic (exact) mass is 239 g/mol. The van der Waals surface area contributed by atoms with E-state index in [4.69, 9.17) is 0 Å². The Labute approximate surface area is 110 Å². The van der Waals surface area contributed by atoms with E-state index in [0.717, 1.165) is 17.8 Å². The molecule has 0 saturated heterocycles. The maximum atomic E-state index is 4.62. The summed E-state index contributed by atoms with van der Waals surface area (Å²) in [5.41, 5.74) is 9.00. The molecule has 1 heterocycles. The molecule has 0 unspecified atom stereocenters. The molecule has 0 bridgehead atoms. The molecule has 0 radical (unpaired) electrons. The molecule has 1 heteroatoms. The van der Waals surface area contributed by atoms with Gasteiger partial charge in [-0.1, -0.05) is 29.8 Å². The van der Waals surface area contributed by atoms with E-state index in [1.165, 1.54) is 27.8 Å². The fourth-order valence-corrected chi connectivity index (χ4v) is 2.26. The predicted octanol–water partition coefficient (Wildman–Crippen LogP) is 4.21. The zero-order chi connectivity index (χ0) is 13.3. The van der Waals surface area contributed by atoms with Crippen molar-refractivity contribution in [1.82, 2.24) is 4.98 Å². The van der Waals surface area contributed by atoms with Gasteiger partial charge in [0.2, 0.25) is 0 Å². The minimum atomic E-state index is 0.980. The molecular formula is C17H21N. The second kappa shape index (κ2) is 4.93. The van der Waals surface area contributed by atoms with Crippen molar-refractivity contribution < 1.29 is 0 Å². The minimum absolute atomic E-state index is 0.980. The van der Waals surface area contributed by atoms with Gasteiger partial charge in [-0.25, -0.2) is 0 Å². The molecule has 0 aliphatic heterocycles. The van der Waals surface area contributed by atoms with E-state index in [2.05, 4.69) is 63.9 Å². The van der Waals surface area contributed by atoms with E-state index in [1.54, 1.807) is 0 Å². The lowest BCUT2D eigenvalue weighted by Crippen LogP contribution is -2.00. The molecule has 1 nitrogen and oxygen atoms in total. The summed E-state index contributed by atoms with van der Waals surface area (Å²) in [6, 6.07) is 8.93. The van der Waals surface area contributed by atoms with Crippen LogP contribution >= 0.6 is 0 Å². The average Bonchev–Trinajstić information content (AvgIpc) is 2.30. The van der Waals surface area contributed by atoms with E-state index in [9.17, 15) is 0 Å². The van der Waals surface area contributed by atoms with Crippen LogP contribution in [0.15, 0.2) is 24.3 Å². The Morgan fingerprint density at radius 2 is 1.50 bits per heavy atom. The molecular weight excluding hydrogens is 218 g/mol. The third-order valence-electron chi connectivity index (χ3n) is 3.65. The van der Waals surface area contributed by atoms with Crippen molar-refractivity contribution in [1.29, 1.82) is 0 Å². The van der Waals surface area contributed by atoms with Crippen LogP contribution in [-0.2, 0) is 6.42 Å². The Hall–Kier alpha value is -1.63. The first-order valence-corrected chi connectivity index (χ1v) is 6.47. The van der Waals surface area contributed by atoms with E-state index in [0.29, 0.717) is 0 Å². The van der Waals surface area contributed by atoms with Crippen molar-refractivity contribution >= 4 is 0 Å². The normalized spacial score (nSPS) is 10.7. The summed E-state index contributed by atoms with van der Waals surface area (Å²) in [5.74, 6) is 0. The van der Waals surface area contributed by atoms with Crippen LogP contribution in [0.2, 0.25) is 0 Å². The summed E-state index contributed by atoms with van der Waals surface area (Å²) in [6.07, 6.45) is 0.980. The Balaban J connectivity index is 2.40. The van der Waals surface area contributed by atoms with Gasteiger partial charge in [0.05, 0.1) is 0 Å². The number of aryl methyl sites for hydroxylation is 5. The molecule has 2 rings (SSSR count). The van der Waals surface area contributed by atoms with Gasteiger partial charge in [-0.2, -0.15) is 0 Å². The second-order valence-corrected chi connectivity index (χ2v) is 5.24. The summed E-state index contributed by atoms with van der Waals surface area (Å²) in [6.45, 7) is 10.6. The molecule has 2 aromatic rings. The maximum Gasteiger partial charge on any atom is 0.0411 e. The molecule has 0 fully saturated rings. The van der Waals surface area contributed by atoms with Gasteiger partial charge < -0.3 is 0 Å². The Bertz CT molecular complexity index is 582. The zero-order valence-corrected chi connectivity index (χ0v) is 12.0. The van der Waals surface area contributed by atoms with E-state index < -0.39 is 0 Å². The van der Waals surface area contributed by atoms with Gasteiger partial charge in [-0.05, 0) is 63.3 Å². The van der Waals surface area contributed by atoms with E-state index >= 15 is 0 Å². The van der Waals surface area contributed by atoms with Crippen LogP contribution in [0.4, 0.5) is 0 Å². The van der Waals surface area contributed by atoms with Crippen molar-refractivity contribution in [3.63, 3.8) is 0 Å². The molecule has 0 aliphatic rings. The molecule has 1 aromatic heterocycles. The number of aromatic nitrogens is 1. The smallest absolute Gasteiger partial charge is 0.0411 e. The number of benzene rings is 1. The SMILES string of the molecule is Cc1ccc(C)c(Cc2cc(C)c(C)nc2C)c1. The highest BCUT2D eigenvalue weighted by molar-refractivity contribution is 5.38. The van der Waals surface area contributed by atoms with Gasteiger partial charge in [-0.15, -0.1) is 0 Å².